The van der Waals surface area contributed by atoms with Crippen LogP contribution in [0.3, 0.4) is 0 Å². The highest BCUT2D eigenvalue weighted by molar-refractivity contribution is 5.77. The average molecular weight is 215 g/mol. The van der Waals surface area contributed by atoms with Crippen molar-refractivity contribution >= 4 is 11.9 Å². The van der Waals surface area contributed by atoms with Gasteiger partial charge in [0.25, 0.3) is 0 Å². The van der Waals surface area contributed by atoms with Gasteiger partial charge in [-0.05, 0) is 18.8 Å². The molecule has 0 heterocycles. The fourth-order valence-corrected chi connectivity index (χ4v) is 1.15. The van der Waals surface area contributed by atoms with E-state index in [2.05, 4.69) is 19.2 Å². The van der Waals surface area contributed by atoms with Gasteiger partial charge in [-0.1, -0.05) is 20.8 Å². The first-order chi connectivity index (χ1) is 6.97. The Kier molecular flexibility index (Phi) is 6.75. The standard InChI is InChI=1S/C11H21NO3/c1-4-9(11(14)15)7-12-10(13)6-5-8(2)3/h8-9H,4-7H2,1-3H3,(H,12,13)(H,14,15). The number of carbonyl (C=O) groups excluding carboxylic acids is 1. The molecule has 0 fully saturated rings. The topological polar surface area (TPSA) is 66.4 Å². The number of rotatable bonds is 7. The number of amides is 1. The smallest absolute Gasteiger partial charge is 0.308 e. The average Bonchev–Trinajstić information content (AvgIpc) is 2.15. The number of carbonyl (C=O) groups is 2. The third kappa shape index (κ3) is 6.94. The Morgan fingerprint density at radius 2 is 1.93 bits per heavy atom. The van der Waals surface area contributed by atoms with Gasteiger partial charge in [0.2, 0.25) is 5.91 Å². The Bertz CT molecular complexity index is 214. The second kappa shape index (κ2) is 7.26. The molecule has 0 rings (SSSR count). The molecule has 0 aliphatic carbocycles. The molecule has 0 aliphatic heterocycles. The molecule has 4 nitrogen and oxygen atoms in total. The third-order valence-electron chi connectivity index (χ3n) is 2.34. The molecule has 1 amide bonds. The Morgan fingerprint density at radius 1 is 1.33 bits per heavy atom. The number of carboxylic acid groups (broad SMARTS) is 1. The van der Waals surface area contributed by atoms with Crippen molar-refractivity contribution in [3.05, 3.63) is 0 Å². The summed E-state index contributed by atoms with van der Waals surface area (Å²) in [5.74, 6) is -0.866. The molecule has 15 heavy (non-hydrogen) atoms. The van der Waals surface area contributed by atoms with Gasteiger partial charge in [0.1, 0.15) is 0 Å². The van der Waals surface area contributed by atoms with E-state index >= 15 is 0 Å². The van der Waals surface area contributed by atoms with Crippen LogP contribution in [0.15, 0.2) is 0 Å². The van der Waals surface area contributed by atoms with Gasteiger partial charge in [0, 0.05) is 13.0 Å². The highest BCUT2D eigenvalue weighted by atomic mass is 16.4. The maximum atomic E-state index is 11.3. The van der Waals surface area contributed by atoms with Gasteiger partial charge in [-0.3, -0.25) is 9.59 Å². The molecule has 0 radical (unpaired) electrons. The largest absolute Gasteiger partial charge is 0.481 e. The maximum Gasteiger partial charge on any atom is 0.308 e. The number of aliphatic carboxylic acids is 1. The molecule has 0 aromatic carbocycles. The highest BCUT2D eigenvalue weighted by Gasteiger charge is 2.15. The summed E-state index contributed by atoms with van der Waals surface area (Å²) in [7, 11) is 0. The first kappa shape index (κ1) is 13.9. The molecule has 2 N–H and O–H groups in total. The first-order valence-corrected chi connectivity index (χ1v) is 5.46. The zero-order valence-electron chi connectivity index (χ0n) is 9.75. The van der Waals surface area contributed by atoms with Crippen molar-refractivity contribution in [2.75, 3.05) is 6.54 Å². The van der Waals surface area contributed by atoms with Gasteiger partial charge < -0.3 is 10.4 Å². The van der Waals surface area contributed by atoms with Crippen LogP contribution in [-0.4, -0.2) is 23.5 Å². The normalized spacial score (nSPS) is 12.5. The number of hydrogen-bond donors (Lipinski definition) is 2. The molecule has 1 unspecified atom stereocenters. The number of hydrogen-bond acceptors (Lipinski definition) is 2. The molecule has 0 spiro atoms. The Balaban J connectivity index is 3.74. The predicted octanol–water partition coefficient (Wildman–Crippen LogP) is 1.65. The Morgan fingerprint density at radius 3 is 2.33 bits per heavy atom. The fraction of sp³-hybridized carbons (Fsp3) is 0.818. The van der Waals surface area contributed by atoms with E-state index < -0.39 is 11.9 Å². The summed E-state index contributed by atoms with van der Waals surface area (Å²) in [6.45, 7) is 6.15. The zero-order chi connectivity index (χ0) is 11.8. The van der Waals surface area contributed by atoms with E-state index in [1.807, 2.05) is 0 Å². The summed E-state index contributed by atoms with van der Waals surface area (Å²) in [5, 5.41) is 11.4. The van der Waals surface area contributed by atoms with Crippen molar-refractivity contribution < 1.29 is 14.7 Å². The molecule has 0 aliphatic rings. The minimum atomic E-state index is -0.846. The lowest BCUT2D eigenvalue weighted by Crippen LogP contribution is -2.32. The highest BCUT2D eigenvalue weighted by Crippen LogP contribution is 2.04. The SMILES string of the molecule is CCC(CNC(=O)CCC(C)C)C(=O)O. The Labute approximate surface area is 91.1 Å². The first-order valence-electron chi connectivity index (χ1n) is 5.46. The van der Waals surface area contributed by atoms with Crippen LogP contribution < -0.4 is 5.32 Å². The van der Waals surface area contributed by atoms with Crippen LogP contribution in [0.25, 0.3) is 0 Å². The fourth-order valence-electron chi connectivity index (χ4n) is 1.15. The van der Waals surface area contributed by atoms with Crippen LogP contribution in [0.1, 0.15) is 40.0 Å². The van der Waals surface area contributed by atoms with Gasteiger partial charge >= 0.3 is 5.97 Å². The van der Waals surface area contributed by atoms with Crippen LogP contribution in [0.2, 0.25) is 0 Å². The summed E-state index contributed by atoms with van der Waals surface area (Å²) < 4.78 is 0. The van der Waals surface area contributed by atoms with Crippen LogP contribution in [-0.2, 0) is 9.59 Å². The van der Waals surface area contributed by atoms with Crippen molar-refractivity contribution in [1.29, 1.82) is 0 Å². The summed E-state index contributed by atoms with van der Waals surface area (Å²) in [6, 6.07) is 0. The second-order valence-electron chi connectivity index (χ2n) is 4.18. The lowest BCUT2D eigenvalue weighted by atomic mass is 10.1. The van der Waals surface area contributed by atoms with E-state index in [1.54, 1.807) is 6.92 Å². The molecule has 88 valence electrons. The molecule has 0 saturated heterocycles. The molecular formula is C11H21NO3. The van der Waals surface area contributed by atoms with Gasteiger partial charge in [-0.25, -0.2) is 0 Å². The summed E-state index contributed by atoms with van der Waals surface area (Å²) in [4.78, 5) is 21.9. The van der Waals surface area contributed by atoms with E-state index in [9.17, 15) is 9.59 Å². The summed E-state index contributed by atoms with van der Waals surface area (Å²) in [6.07, 6.45) is 1.86. The van der Waals surface area contributed by atoms with E-state index in [1.165, 1.54) is 0 Å². The minimum absolute atomic E-state index is 0.0524. The summed E-state index contributed by atoms with van der Waals surface area (Å²) >= 11 is 0. The molecule has 4 heteroatoms. The van der Waals surface area contributed by atoms with Crippen molar-refractivity contribution in [2.24, 2.45) is 11.8 Å². The van der Waals surface area contributed by atoms with E-state index in [-0.39, 0.29) is 12.5 Å². The van der Waals surface area contributed by atoms with E-state index in [0.717, 1.165) is 6.42 Å². The monoisotopic (exact) mass is 215 g/mol. The van der Waals surface area contributed by atoms with E-state index in [4.69, 9.17) is 5.11 Å². The molecule has 0 aromatic heterocycles. The zero-order valence-corrected chi connectivity index (χ0v) is 9.75. The molecule has 0 bridgehead atoms. The lowest BCUT2D eigenvalue weighted by Gasteiger charge is -2.11. The van der Waals surface area contributed by atoms with Crippen molar-refractivity contribution in [3.63, 3.8) is 0 Å². The van der Waals surface area contributed by atoms with Gasteiger partial charge in [0.15, 0.2) is 0 Å². The van der Waals surface area contributed by atoms with Gasteiger partial charge in [-0.15, -0.1) is 0 Å². The Hall–Kier alpha value is -1.06. The second-order valence-corrected chi connectivity index (χ2v) is 4.18. The molecule has 1 atom stereocenters. The van der Waals surface area contributed by atoms with Crippen molar-refractivity contribution in [3.8, 4) is 0 Å². The van der Waals surface area contributed by atoms with E-state index in [0.29, 0.717) is 18.8 Å². The summed E-state index contributed by atoms with van der Waals surface area (Å²) in [5.41, 5.74) is 0. The van der Waals surface area contributed by atoms with Gasteiger partial charge in [-0.2, -0.15) is 0 Å². The van der Waals surface area contributed by atoms with Crippen LogP contribution in [0, 0.1) is 11.8 Å². The number of nitrogens with one attached hydrogen (secondary N) is 1. The molecule has 0 aromatic rings. The molecular weight excluding hydrogens is 194 g/mol. The quantitative estimate of drug-likeness (QED) is 0.678. The van der Waals surface area contributed by atoms with Gasteiger partial charge in [0.05, 0.1) is 5.92 Å². The van der Waals surface area contributed by atoms with Crippen molar-refractivity contribution in [1.82, 2.24) is 5.32 Å². The predicted molar refractivity (Wildman–Crippen MR) is 58.5 cm³/mol. The lowest BCUT2D eigenvalue weighted by molar-refractivity contribution is -0.141. The van der Waals surface area contributed by atoms with Crippen molar-refractivity contribution in [2.45, 2.75) is 40.0 Å². The van der Waals surface area contributed by atoms with Crippen LogP contribution in [0.4, 0.5) is 0 Å². The third-order valence-corrected chi connectivity index (χ3v) is 2.34. The van der Waals surface area contributed by atoms with Crippen LogP contribution >= 0.6 is 0 Å². The number of carboxylic acids is 1. The van der Waals surface area contributed by atoms with Crippen LogP contribution in [0.5, 0.6) is 0 Å². The minimum Gasteiger partial charge on any atom is -0.481 e. The molecule has 0 saturated carbocycles. The maximum absolute atomic E-state index is 11.3.